The van der Waals surface area contributed by atoms with Crippen LogP contribution in [-0.4, -0.2) is 6.54 Å². The third kappa shape index (κ3) is 4.02. The quantitative estimate of drug-likeness (QED) is 0.880. The monoisotopic (exact) mass is 297 g/mol. The number of nitrogens with one attached hydrogen (secondary N) is 1. The van der Waals surface area contributed by atoms with Crippen LogP contribution in [0.15, 0.2) is 46.2 Å². The average molecular weight is 297 g/mol. The van der Waals surface area contributed by atoms with E-state index in [0.717, 1.165) is 24.2 Å². The van der Waals surface area contributed by atoms with Crippen LogP contribution in [0.3, 0.4) is 0 Å². The third-order valence-corrected chi connectivity index (χ3v) is 3.60. The Labute approximate surface area is 120 Å². The van der Waals surface area contributed by atoms with Crippen LogP contribution in [0.4, 0.5) is 13.2 Å². The first-order chi connectivity index (χ1) is 9.58. The lowest BCUT2D eigenvalue weighted by Gasteiger charge is -2.07. The van der Waals surface area contributed by atoms with E-state index in [9.17, 15) is 13.2 Å². The summed E-state index contributed by atoms with van der Waals surface area (Å²) >= 11 is 1.20. The molecule has 0 amide bonds. The van der Waals surface area contributed by atoms with E-state index in [1.807, 2.05) is 13.0 Å². The highest BCUT2D eigenvalue weighted by atomic mass is 32.2. The van der Waals surface area contributed by atoms with Gasteiger partial charge in [-0.15, -0.1) is 0 Å². The Morgan fingerprint density at radius 1 is 0.950 bits per heavy atom. The normalized spacial score (nSPS) is 10.8. The first-order valence-electron chi connectivity index (χ1n) is 6.21. The second-order valence-electron chi connectivity index (χ2n) is 4.25. The molecule has 0 atom stereocenters. The summed E-state index contributed by atoms with van der Waals surface area (Å²) in [6, 6.07) is 8.31. The predicted octanol–water partition coefficient (Wildman–Crippen LogP) is 4.36. The summed E-state index contributed by atoms with van der Waals surface area (Å²) in [5, 5.41) is 3.11. The lowest BCUT2D eigenvalue weighted by molar-refractivity contribution is 0.506. The standard InChI is InChI=1S/C15H14F3NS/c1-2-19-9-10-5-11(16)7-13(6-10)20-12-3-4-14(17)15(18)8-12/h3-8,19H,2,9H2,1H3. The molecule has 0 aliphatic rings. The van der Waals surface area contributed by atoms with E-state index >= 15 is 0 Å². The van der Waals surface area contributed by atoms with Crippen molar-refractivity contribution in [2.75, 3.05) is 6.54 Å². The molecule has 0 aliphatic carbocycles. The van der Waals surface area contributed by atoms with Gasteiger partial charge in [0.05, 0.1) is 0 Å². The van der Waals surface area contributed by atoms with Crippen molar-refractivity contribution in [1.82, 2.24) is 5.32 Å². The van der Waals surface area contributed by atoms with E-state index in [4.69, 9.17) is 0 Å². The second kappa shape index (κ2) is 6.81. The van der Waals surface area contributed by atoms with Gasteiger partial charge in [0.15, 0.2) is 11.6 Å². The van der Waals surface area contributed by atoms with Crippen molar-refractivity contribution in [2.24, 2.45) is 0 Å². The molecule has 1 N–H and O–H groups in total. The largest absolute Gasteiger partial charge is 0.313 e. The van der Waals surface area contributed by atoms with Crippen molar-refractivity contribution in [3.8, 4) is 0 Å². The van der Waals surface area contributed by atoms with E-state index in [-0.39, 0.29) is 5.82 Å². The van der Waals surface area contributed by atoms with Crippen LogP contribution in [0.5, 0.6) is 0 Å². The van der Waals surface area contributed by atoms with Crippen LogP contribution in [0, 0.1) is 17.5 Å². The Balaban J connectivity index is 2.19. The molecule has 106 valence electrons. The summed E-state index contributed by atoms with van der Waals surface area (Å²) < 4.78 is 39.5. The predicted molar refractivity (Wildman–Crippen MR) is 74.3 cm³/mol. The highest BCUT2D eigenvalue weighted by Crippen LogP contribution is 2.30. The summed E-state index contributed by atoms with van der Waals surface area (Å²) in [4.78, 5) is 1.19. The van der Waals surface area contributed by atoms with Crippen molar-refractivity contribution < 1.29 is 13.2 Å². The molecule has 5 heteroatoms. The van der Waals surface area contributed by atoms with Crippen molar-refractivity contribution in [2.45, 2.75) is 23.3 Å². The molecule has 0 bridgehead atoms. The highest BCUT2D eigenvalue weighted by Gasteiger charge is 2.06. The van der Waals surface area contributed by atoms with Gasteiger partial charge in [-0.25, -0.2) is 13.2 Å². The second-order valence-corrected chi connectivity index (χ2v) is 5.40. The highest BCUT2D eigenvalue weighted by molar-refractivity contribution is 7.99. The maximum Gasteiger partial charge on any atom is 0.159 e. The van der Waals surface area contributed by atoms with Crippen LogP contribution in [0.1, 0.15) is 12.5 Å². The minimum absolute atomic E-state index is 0.342. The van der Waals surface area contributed by atoms with Gasteiger partial charge in [-0.05, 0) is 48.5 Å². The van der Waals surface area contributed by atoms with Crippen LogP contribution in [0.25, 0.3) is 0 Å². The van der Waals surface area contributed by atoms with Gasteiger partial charge in [0.25, 0.3) is 0 Å². The fourth-order valence-electron chi connectivity index (χ4n) is 1.73. The van der Waals surface area contributed by atoms with Crippen molar-refractivity contribution in [3.63, 3.8) is 0 Å². The lowest BCUT2D eigenvalue weighted by Crippen LogP contribution is -2.11. The van der Waals surface area contributed by atoms with Gasteiger partial charge >= 0.3 is 0 Å². The van der Waals surface area contributed by atoms with E-state index in [1.165, 1.54) is 30.0 Å². The zero-order chi connectivity index (χ0) is 14.5. The van der Waals surface area contributed by atoms with Gasteiger partial charge in [-0.3, -0.25) is 0 Å². The Kier molecular flexibility index (Phi) is 5.09. The van der Waals surface area contributed by atoms with Crippen LogP contribution in [-0.2, 0) is 6.54 Å². The summed E-state index contributed by atoms with van der Waals surface area (Å²) in [6.45, 7) is 3.33. The molecule has 0 saturated heterocycles. The smallest absolute Gasteiger partial charge is 0.159 e. The molecule has 0 unspecified atom stereocenters. The Hall–Kier alpha value is -1.46. The van der Waals surface area contributed by atoms with Gasteiger partial charge in [0.2, 0.25) is 0 Å². The SMILES string of the molecule is CCNCc1cc(F)cc(Sc2ccc(F)c(F)c2)c1. The number of benzene rings is 2. The van der Waals surface area contributed by atoms with Crippen molar-refractivity contribution in [3.05, 3.63) is 59.4 Å². The third-order valence-electron chi connectivity index (χ3n) is 2.64. The summed E-state index contributed by atoms with van der Waals surface area (Å²) in [6.07, 6.45) is 0. The number of hydrogen-bond acceptors (Lipinski definition) is 2. The molecule has 0 heterocycles. The van der Waals surface area contributed by atoms with E-state index in [1.54, 1.807) is 0 Å². The average Bonchev–Trinajstić information content (AvgIpc) is 2.40. The van der Waals surface area contributed by atoms with Gasteiger partial charge in [-0.2, -0.15) is 0 Å². The molecular formula is C15H14F3NS. The van der Waals surface area contributed by atoms with Crippen LogP contribution >= 0.6 is 11.8 Å². The molecule has 0 saturated carbocycles. The fourth-order valence-corrected chi connectivity index (χ4v) is 2.68. The fraction of sp³-hybridized carbons (Fsp3) is 0.200. The van der Waals surface area contributed by atoms with Crippen molar-refractivity contribution >= 4 is 11.8 Å². The minimum Gasteiger partial charge on any atom is -0.313 e. The number of halogens is 3. The first-order valence-corrected chi connectivity index (χ1v) is 7.03. The molecule has 2 rings (SSSR count). The zero-order valence-electron chi connectivity index (χ0n) is 10.9. The molecule has 1 nitrogen and oxygen atoms in total. The maximum absolute atomic E-state index is 13.5. The molecule has 2 aromatic carbocycles. The molecule has 0 aliphatic heterocycles. The van der Waals surface area contributed by atoms with Gasteiger partial charge in [0, 0.05) is 16.3 Å². The molecule has 0 fully saturated rings. The Bertz CT molecular complexity index is 602. The van der Waals surface area contributed by atoms with Gasteiger partial charge < -0.3 is 5.32 Å². The molecule has 0 spiro atoms. The van der Waals surface area contributed by atoms with E-state index in [0.29, 0.717) is 16.3 Å². The lowest BCUT2D eigenvalue weighted by atomic mass is 10.2. The summed E-state index contributed by atoms with van der Waals surface area (Å²) in [7, 11) is 0. The van der Waals surface area contributed by atoms with Gasteiger partial charge in [0.1, 0.15) is 5.82 Å². The summed E-state index contributed by atoms with van der Waals surface area (Å²) in [5.41, 5.74) is 0.817. The first kappa shape index (κ1) is 14.9. The number of hydrogen-bond donors (Lipinski definition) is 1. The molecule has 20 heavy (non-hydrogen) atoms. The Morgan fingerprint density at radius 2 is 1.75 bits per heavy atom. The molecule has 2 aromatic rings. The topological polar surface area (TPSA) is 12.0 Å². The van der Waals surface area contributed by atoms with Crippen LogP contribution in [0.2, 0.25) is 0 Å². The van der Waals surface area contributed by atoms with Crippen molar-refractivity contribution in [1.29, 1.82) is 0 Å². The minimum atomic E-state index is -0.903. The zero-order valence-corrected chi connectivity index (χ0v) is 11.7. The molecular weight excluding hydrogens is 283 g/mol. The summed E-state index contributed by atoms with van der Waals surface area (Å²) in [5.74, 6) is -2.13. The Morgan fingerprint density at radius 3 is 2.45 bits per heavy atom. The maximum atomic E-state index is 13.5. The molecule has 0 radical (unpaired) electrons. The van der Waals surface area contributed by atoms with E-state index in [2.05, 4.69) is 5.32 Å². The van der Waals surface area contributed by atoms with Crippen LogP contribution < -0.4 is 5.32 Å². The van der Waals surface area contributed by atoms with E-state index < -0.39 is 11.6 Å². The van der Waals surface area contributed by atoms with Gasteiger partial charge in [-0.1, -0.05) is 18.7 Å². The number of rotatable bonds is 5. The molecule has 0 aromatic heterocycles.